The molecule has 1 atom stereocenters. The van der Waals surface area contributed by atoms with Crippen LogP contribution in [0, 0.1) is 0 Å². The standard InChI is InChI=1S/C21H21F2N5O/c1-24-20(29)14-12-25-19(11-16(14)26-17-7-4-10-21(17,22)23)28-18-9-8-13-5-2-3-6-15(13)27-18/h2-3,5-6,8-9,11-12,17H,4,7,10H2,1H3,(H,24,29)(H2,25,26,27,28). The van der Waals surface area contributed by atoms with Gasteiger partial charge >= 0.3 is 0 Å². The second-order valence-corrected chi connectivity index (χ2v) is 7.06. The van der Waals surface area contributed by atoms with Gasteiger partial charge in [0.15, 0.2) is 0 Å². The van der Waals surface area contributed by atoms with Gasteiger partial charge in [0.05, 0.1) is 22.8 Å². The van der Waals surface area contributed by atoms with E-state index >= 15 is 0 Å². The minimum absolute atomic E-state index is 0.156. The highest BCUT2D eigenvalue weighted by Crippen LogP contribution is 2.37. The molecule has 3 N–H and O–H groups in total. The van der Waals surface area contributed by atoms with Crippen molar-refractivity contribution in [3.63, 3.8) is 0 Å². The Bertz CT molecular complexity index is 1060. The normalized spacial score (nSPS) is 17.8. The van der Waals surface area contributed by atoms with E-state index in [2.05, 4.69) is 25.9 Å². The second-order valence-electron chi connectivity index (χ2n) is 7.06. The predicted octanol–water partition coefficient (Wildman–Crippen LogP) is 4.33. The SMILES string of the molecule is CNC(=O)c1cnc(Nc2ccc3ccccc3n2)cc1NC1CCCC1(F)F. The molecule has 0 spiro atoms. The number of anilines is 3. The first-order chi connectivity index (χ1) is 14.0. The Labute approximate surface area is 166 Å². The molecule has 1 saturated carbocycles. The summed E-state index contributed by atoms with van der Waals surface area (Å²) < 4.78 is 28.2. The van der Waals surface area contributed by atoms with E-state index < -0.39 is 17.9 Å². The second kappa shape index (κ2) is 7.62. The van der Waals surface area contributed by atoms with Crippen LogP contribution in [0.2, 0.25) is 0 Å². The van der Waals surface area contributed by atoms with Gasteiger partial charge in [0.2, 0.25) is 0 Å². The number of alkyl halides is 2. The maximum atomic E-state index is 14.1. The van der Waals surface area contributed by atoms with Crippen molar-refractivity contribution in [3.8, 4) is 0 Å². The third-order valence-electron chi connectivity index (χ3n) is 5.07. The van der Waals surface area contributed by atoms with Crippen LogP contribution in [-0.4, -0.2) is 34.9 Å². The molecule has 6 nitrogen and oxygen atoms in total. The summed E-state index contributed by atoms with van der Waals surface area (Å²) in [5, 5.41) is 9.47. The molecule has 8 heteroatoms. The number of carbonyl (C=O) groups is 1. The molecular formula is C21H21F2N5O. The Morgan fingerprint density at radius 2 is 2.00 bits per heavy atom. The van der Waals surface area contributed by atoms with E-state index in [1.165, 1.54) is 13.2 Å². The van der Waals surface area contributed by atoms with E-state index in [0.717, 1.165) is 10.9 Å². The third-order valence-corrected chi connectivity index (χ3v) is 5.07. The number of amides is 1. The number of pyridine rings is 2. The molecule has 3 aromatic rings. The molecule has 1 aromatic carbocycles. The molecule has 0 saturated heterocycles. The molecule has 0 radical (unpaired) electrons. The first-order valence-corrected chi connectivity index (χ1v) is 9.45. The number of aromatic nitrogens is 2. The lowest BCUT2D eigenvalue weighted by Gasteiger charge is -2.23. The van der Waals surface area contributed by atoms with Crippen molar-refractivity contribution in [3.05, 3.63) is 54.2 Å². The molecule has 29 heavy (non-hydrogen) atoms. The summed E-state index contributed by atoms with van der Waals surface area (Å²) in [6, 6.07) is 12.0. The number of hydrogen-bond donors (Lipinski definition) is 3. The van der Waals surface area contributed by atoms with Gasteiger partial charge in [-0.25, -0.2) is 18.7 Å². The quantitative estimate of drug-likeness (QED) is 0.597. The van der Waals surface area contributed by atoms with E-state index in [0.29, 0.717) is 30.2 Å². The summed E-state index contributed by atoms with van der Waals surface area (Å²) in [5.74, 6) is -2.22. The predicted molar refractivity (Wildman–Crippen MR) is 109 cm³/mol. The average Bonchev–Trinajstić information content (AvgIpc) is 3.05. The fourth-order valence-electron chi connectivity index (χ4n) is 3.52. The average molecular weight is 397 g/mol. The largest absolute Gasteiger partial charge is 0.376 e. The van der Waals surface area contributed by atoms with Gasteiger partial charge in [0, 0.05) is 31.1 Å². The molecular weight excluding hydrogens is 376 g/mol. The zero-order valence-corrected chi connectivity index (χ0v) is 15.9. The van der Waals surface area contributed by atoms with Gasteiger partial charge in [-0.2, -0.15) is 0 Å². The summed E-state index contributed by atoms with van der Waals surface area (Å²) in [5.41, 5.74) is 1.35. The van der Waals surface area contributed by atoms with E-state index in [1.807, 2.05) is 36.4 Å². The third kappa shape index (κ3) is 3.96. The van der Waals surface area contributed by atoms with Crippen LogP contribution >= 0.6 is 0 Å². The van der Waals surface area contributed by atoms with Crippen LogP contribution in [0.5, 0.6) is 0 Å². The van der Waals surface area contributed by atoms with E-state index in [-0.39, 0.29) is 12.0 Å². The topological polar surface area (TPSA) is 78.9 Å². The number of nitrogens with zero attached hydrogens (tertiary/aromatic N) is 2. The highest BCUT2D eigenvalue weighted by Gasteiger charge is 2.44. The number of halogens is 2. The van der Waals surface area contributed by atoms with E-state index in [9.17, 15) is 13.6 Å². The first-order valence-electron chi connectivity index (χ1n) is 9.45. The lowest BCUT2D eigenvalue weighted by molar-refractivity contribution is -0.000623. The fraction of sp³-hybridized carbons (Fsp3) is 0.286. The Balaban J connectivity index is 1.64. The summed E-state index contributed by atoms with van der Waals surface area (Å²) in [4.78, 5) is 21.0. The Morgan fingerprint density at radius 1 is 1.17 bits per heavy atom. The minimum Gasteiger partial charge on any atom is -0.376 e. The summed E-state index contributed by atoms with van der Waals surface area (Å²) in [6.45, 7) is 0. The number of rotatable bonds is 5. The molecule has 0 aliphatic heterocycles. The van der Waals surface area contributed by atoms with E-state index in [4.69, 9.17) is 0 Å². The molecule has 150 valence electrons. The summed E-state index contributed by atoms with van der Waals surface area (Å²) >= 11 is 0. The summed E-state index contributed by atoms with van der Waals surface area (Å²) in [6.07, 6.45) is 2.00. The van der Waals surface area contributed by atoms with Crippen LogP contribution in [0.3, 0.4) is 0 Å². The lowest BCUT2D eigenvalue weighted by Crippen LogP contribution is -2.35. The Kier molecular flexibility index (Phi) is 5.00. The van der Waals surface area contributed by atoms with Crippen molar-refractivity contribution < 1.29 is 13.6 Å². The van der Waals surface area contributed by atoms with Crippen LogP contribution in [-0.2, 0) is 0 Å². The van der Waals surface area contributed by atoms with Crippen molar-refractivity contribution in [2.24, 2.45) is 0 Å². The Hall–Kier alpha value is -3.29. The van der Waals surface area contributed by atoms with Gasteiger partial charge < -0.3 is 16.0 Å². The number of benzene rings is 1. The van der Waals surface area contributed by atoms with Gasteiger partial charge in [-0.15, -0.1) is 0 Å². The molecule has 4 rings (SSSR count). The first kappa shape index (κ1) is 19.0. The maximum Gasteiger partial charge on any atom is 0.267 e. The van der Waals surface area contributed by atoms with Gasteiger partial charge in [-0.05, 0) is 31.0 Å². The van der Waals surface area contributed by atoms with Crippen LogP contribution in [0.15, 0.2) is 48.7 Å². The number of hydrogen-bond acceptors (Lipinski definition) is 5. The van der Waals surface area contributed by atoms with Crippen molar-refractivity contribution in [2.75, 3.05) is 17.7 Å². The number of carbonyl (C=O) groups excluding carboxylic acids is 1. The highest BCUT2D eigenvalue weighted by molar-refractivity contribution is 5.99. The zero-order valence-electron chi connectivity index (χ0n) is 15.9. The monoisotopic (exact) mass is 397 g/mol. The fourth-order valence-corrected chi connectivity index (χ4v) is 3.52. The van der Waals surface area contributed by atoms with Crippen molar-refractivity contribution in [2.45, 2.75) is 31.2 Å². The van der Waals surface area contributed by atoms with Crippen LogP contribution in [0.4, 0.5) is 26.1 Å². The number of para-hydroxylation sites is 1. The van der Waals surface area contributed by atoms with Gasteiger partial charge in [0.1, 0.15) is 11.6 Å². The molecule has 1 aliphatic carbocycles. The molecule has 2 aromatic heterocycles. The number of nitrogens with one attached hydrogen (secondary N) is 3. The summed E-state index contributed by atoms with van der Waals surface area (Å²) in [7, 11) is 1.49. The molecule has 1 unspecified atom stereocenters. The van der Waals surface area contributed by atoms with Crippen LogP contribution in [0.1, 0.15) is 29.6 Å². The molecule has 1 fully saturated rings. The van der Waals surface area contributed by atoms with Crippen LogP contribution in [0.25, 0.3) is 10.9 Å². The minimum atomic E-state index is -2.81. The number of fused-ring (bicyclic) bond motifs is 1. The molecule has 2 heterocycles. The zero-order chi connectivity index (χ0) is 20.4. The molecule has 0 bridgehead atoms. The van der Waals surface area contributed by atoms with Crippen molar-refractivity contribution >= 4 is 34.1 Å². The van der Waals surface area contributed by atoms with E-state index in [1.54, 1.807) is 6.07 Å². The molecule has 1 amide bonds. The van der Waals surface area contributed by atoms with Crippen molar-refractivity contribution in [1.82, 2.24) is 15.3 Å². The molecule has 1 aliphatic rings. The van der Waals surface area contributed by atoms with Gasteiger partial charge in [-0.3, -0.25) is 4.79 Å². The van der Waals surface area contributed by atoms with Crippen LogP contribution < -0.4 is 16.0 Å². The van der Waals surface area contributed by atoms with Crippen molar-refractivity contribution in [1.29, 1.82) is 0 Å². The lowest BCUT2D eigenvalue weighted by atomic mass is 10.1. The van der Waals surface area contributed by atoms with Gasteiger partial charge in [0.25, 0.3) is 11.8 Å². The smallest absolute Gasteiger partial charge is 0.267 e. The Morgan fingerprint density at radius 3 is 2.76 bits per heavy atom. The maximum absolute atomic E-state index is 14.1. The van der Waals surface area contributed by atoms with Gasteiger partial charge in [-0.1, -0.05) is 18.2 Å². The highest BCUT2D eigenvalue weighted by atomic mass is 19.3.